The summed E-state index contributed by atoms with van der Waals surface area (Å²) in [5, 5.41) is 0. The molecule has 0 N–H and O–H groups in total. The number of sulfone groups is 2. The van der Waals surface area contributed by atoms with Crippen molar-refractivity contribution in [1.29, 1.82) is 0 Å². The lowest BCUT2D eigenvalue weighted by Gasteiger charge is -2.23. The molecule has 1 aromatic rings. The lowest BCUT2D eigenvalue weighted by atomic mass is 10.1. The van der Waals surface area contributed by atoms with E-state index in [9.17, 15) is 48.0 Å². The molecule has 0 heterocycles. The van der Waals surface area contributed by atoms with Crippen LogP contribution in [0.5, 0.6) is 0 Å². The Morgan fingerprint density at radius 2 is 1.36 bits per heavy atom. The van der Waals surface area contributed by atoms with Gasteiger partial charge in [-0.25, -0.2) is 16.8 Å². The van der Waals surface area contributed by atoms with Crippen molar-refractivity contribution in [1.82, 2.24) is 0 Å². The Kier molecular flexibility index (Phi) is 7.15. The van der Waals surface area contributed by atoms with Crippen molar-refractivity contribution >= 4 is 25.6 Å². The predicted molar refractivity (Wildman–Crippen MR) is 84.1 cm³/mol. The highest BCUT2D eigenvalue weighted by atomic mass is 32.3. The van der Waals surface area contributed by atoms with Crippen LogP contribution in [0.1, 0.15) is 18.9 Å². The van der Waals surface area contributed by atoms with E-state index < -0.39 is 60.2 Å². The first-order valence-electron chi connectivity index (χ1n) is 7.34. The van der Waals surface area contributed by atoms with Crippen LogP contribution in [0, 0.1) is 0 Å². The number of hydrogen-bond acceptors (Lipinski definition) is 6. The van der Waals surface area contributed by atoms with E-state index in [2.05, 4.69) is 4.74 Å². The third-order valence-corrected chi connectivity index (χ3v) is 7.97. The van der Waals surface area contributed by atoms with Gasteiger partial charge >= 0.3 is 17.0 Å². The van der Waals surface area contributed by atoms with Crippen LogP contribution in [0.2, 0.25) is 0 Å². The molecule has 0 amide bonds. The fourth-order valence-electron chi connectivity index (χ4n) is 2.07. The van der Waals surface area contributed by atoms with Crippen LogP contribution >= 0.6 is 0 Å². The summed E-state index contributed by atoms with van der Waals surface area (Å²) in [6, 6.07) is 7.68. The van der Waals surface area contributed by atoms with E-state index in [0.717, 1.165) is 6.92 Å². The molecule has 1 aromatic carbocycles. The molecule has 28 heavy (non-hydrogen) atoms. The summed E-state index contributed by atoms with van der Waals surface area (Å²) in [6.07, 6.45) is -4.02. The van der Waals surface area contributed by atoms with E-state index in [1.807, 2.05) is 0 Å². The third kappa shape index (κ3) is 5.59. The molecule has 0 aliphatic heterocycles. The Balaban J connectivity index is 3.09. The van der Waals surface area contributed by atoms with Crippen LogP contribution in [-0.4, -0.2) is 44.5 Å². The first-order valence-corrected chi connectivity index (χ1v) is 10.4. The van der Waals surface area contributed by atoms with Crippen LogP contribution in [0.4, 0.5) is 26.3 Å². The maximum absolute atomic E-state index is 12.7. The number of esters is 1. The molecule has 1 atom stereocenters. The zero-order valence-electron chi connectivity index (χ0n) is 14.0. The van der Waals surface area contributed by atoms with Crippen molar-refractivity contribution in [2.75, 3.05) is 0 Å². The molecular weight excluding hydrogens is 442 g/mol. The summed E-state index contributed by atoms with van der Waals surface area (Å²) < 4.78 is 122. The molecule has 0 spiro atoms. The second-order valence-corrected chi connectivity index (χ2v) is 10.2. The van der Waals surface area contributed by atoms with Gasteiger partial charge < -0.3 is 4.74 Å². The molecule has 0 aliphatic rings. The largest absolute Gasteiger partial charge is 0.498 e. The van der Waals surface area contributed by atoms with E-state index in [-0.39, 0.29) is 0 Å². The molecule has 1 unspecified atom stereocenters. The van der Waals surface area contributed by atoms with Crippen LogP contribution in [-0.2, 0) is 35.6 Å². The second kappa shape index (κ2) is 8.27. The highest BCUT2D eigenvalue weighted by molar-refractivity contribution is 8.09. The highest BCUT2D eigenvalue weighted by Gasteiger charge is 2.63. The molecule has 0 fully saturated rings. The Bertz CT molecular complexity index is 846. The minimum Gasteiger partial charge on any atom is -0.462 e. The first-order chi connectivity index (χ1) is 12.5. The van der Waals surface area contributed by atoms with Crippen molar-refractivity contribution in [2.45, 2.75) is 41.5 Å². The molecule has 0 radical (unpaired) electrons. The standard InChI is InChI=1S/C14H14F6O6S2/c1-9(26-11(21)8-10-5-3-2-4-6-10)7-12(27(22,23)13(15,16)17)28(24,25)14(18,19)20/h2-6,9,12H,7-8H2,1H3. The van der Waals surface area contributed by atoms with Gasteiger partial charge in [0.1, 0.15) is 6.10 Å². The molecule has 0 saturated carbocycles. The number of ether oxygens (including phenoxy) is 1. The summed E-state index contributed by atoms with van der Waals surface area (Å²) in [6.45, 7) is 0.785. The van der Waals surface area contributed by atoms with Crippen molar-refractivity contribution in [3.8, 4) is 0 Å². The number of hydrogen-bond donors (Lipinski definition) is 0. The first kappa shape index (κ1) is 24.2. The lowest BCUT2D eigenvalue weighted by Crippen LogP contribution is -2.46. The highest BCUT2D eigenvalue weighted by Crippen LogP contribution is 2.38. The number of carbonyl (C=O) groups excluding carboxylic acids is 1. The molecule has 14 heteroatoms. The number of halogens is 6. The van der Waals surface area contributed by atoms with Gasteiger partial charge in [-0.05, 0) is 12.5 Å². The molecule has 1 rings (SSSR count). The summed E-state index contributed by atoms with van der Waals surface area (Å²) in [5.41, 5.74) is -12.1. The average molecular weight is 456 g/mol. The third-order valence-electron chi connectivity index (χ3n) is 3.39. The van der Waals surface area contributed by atoms with Crippen molar-refractivity contribution in [2.24, 2.45) is 0 Å². The van der Waals surface area contributed by atoms with Gasteiger partial charge in [0.2, 0.25) is 0 Å². The lowest BCUT2D eigenvalue weighted by molar-refractivity contribution is -0.147. The van der Waals surface area contributed by atoms with Gasteiger partial charge in [-0.3, -0.25) is 4.79 Å². The van der Waals surface area contributed by atoms with E-state index in [1.165, 1.54) is 12.1 Å². The molecule has 0 aromatic heterocycles. The van der Waals surface area contributed by atoms with Crippen LogP contribution in [0.15, 0.2) is 30.3 Å². The fraction of sp³-hybridized carbons (Fsp3) is 0.500. The Hall–Kier alpha value is -1.83. The van der Waals surface area contributed by atoms with Crippen LogP contribution < -0.4 is 0 Å². The molecule has 0 saturated heterocycles. The monoisotopic (exact) mass is 456 g/mol. The Labute approximate surface area is 156 Å². The van der Waals surface area contributed by atoms with Gasteiger partial charge in [0.05, 0.1) is 6.42 Å². The summed E-state index contributed by atoms with van der Waals surface area (Å²) in [7, 11) is -13.5. The molecule has 6 nitrogen and oxygen atoms in total. The van der Waals surface area contributed by atoms with Crippen LogP contribution in [0.3, 0.4) is 0 Å². The van der Waals surface area contributed by atoms with Crippen molar-refractivity contribution in [3.05, 3.63) is 35.9 Å². The Morgan fingerprint density at radius 3 is 1.75 bits per heavy atom. The number of carbonyl (C=O) groups is 1. The number of benzene rings is 1. The predicted octanol–water partition coefficient (Wildman–Crippen LogP) is 2.75. The fourth-order valence-corrected chi connectivity index (χ4v) is 5.70. The zero-order chi connectivity index (χ0) is 22.0. The van der Waals surface area contributed by atoms with E-state index >= 15 is 0 Å². The van der Waals surface area contributed by atoms with E-state index in [4.69, 9.17) is 0 Å². The van der Waals surface area contributed by atoms with Gasteiger partial charge in [0, 0.05) is 6.42 Å². The SMILES string of the molecule is CC(CC(S(=O)(=O)C(F)(F)F)S(=O)(=O)C(F)(F)F)OC(=O)Cc1ccccc1. The maximum atomic E-state index is 12.7. The summed E-state index contributed by atoms with van der Waals surface area (Å²) >= 11 is 0. The number of alkyl halides is 6. The molecule has 0 bridgehead atoms. The van der Waals surface area contributed by atoms with Gasteiger partial charge in [-0.1, -0.05) is 30.3 Å². The van der Waals surface area contributed by atoms with Gasteiger partial charge in [0.15, 0.2) is 4.58 Å². The van der Waals surface area contributed by atoms with Crippen molar-refractivity contribution < 1.29 is 52.7 Å². The second-order valence-electron chi connectivity index (χ2n) is 5.61. The summed E-state index contributed by atoms with van der Waals surface area (Å²) in [5.74, 6) is -1.09. The Morgan fingerprint density at radius 1 is 0.929 bits per heavy atom. The minimum atomic E-state index is -6.77. The molecular formula is C14H14F6O6S2. The zero-order valence-corrected chi connectivity index (χ0v) is 15.6. The van der Waals surface area contributed by atoms with Gasteiger partial charge in [-0.2, -0.15) is 26.3 Å². The smallest absolute Gasteiger partial charge is 0.462 e. The topological polar surface area (TPSA) is 94.6 Å². The van der Waals surface area contributed by atoms with Crippen LogP contribution in [0.25, 0.3) is 0 Å². The summed E-state index contributed by atoms with van der Waals surface area (Å²) in [4.78, 5) is 11.7. The number of rotatable bonds is 7. The quantitative estimate of drug-likeness (QED) is 0.463. The van der Waals surface area contributed by atoms with E-state index in [1.54, 1.807) is 18.2 Å². The maximum Gasteiger partial charge on any atom is 0.498 e. The van der Waals surface area contributed by atoms with Gasteiger partial charge in [-0.15, -0.1) is 0 Å². The molecule has 160 valence electrons. The normalized spacial score (nSPS) is 14.7. The minimum absolute atomic E-state index is 0.405. The van der Waals surface area contributed by atoms with Crippen molar-refractivity contribution in [3.63, 3.8) is 0 Å². The average Bonchev–Trinajstić information content (AvgIpc) is 2.50. The molecule has 0 aliphatic carbocycles. The van der Waals surface area contributed by atoms with Gasteiger partial charge in [0.25, 0.3) is 19.7 Å². The van der Waals surface area contributed by atoms with E-state index in [0.29, 0.717) is 5.56 Å².